The Kier molecular flexibility index (Phi) is 5.46. The van der Waals surface area contributed by atoms with Gasteiger partial charge in [0, 0.05) is 30.9 Å². The normalized spacial score (nSPS) is 24.8. The van der Waals surface area contributed by atoms with E-state index in [1.54, 1.807) is 4.90 Å². The molecule has 2 fully saturated rings. The molecule has 1 spiro atoms. The summed E-state index contributed by atoms with van der Waals surface area (Å²) in [5, 5.41) is 0. The fourth-order valence-electron chi connectivity index (χ4n) is 3.86. The summed E-state index contributed by atoms with van der Waals surface area (Å²) in [6.07, 6.45) is 7.21. The third-order valence-corrected chi connectivity index (χ3v) is 6.04. The second kappa shape index (κ2) is 6.71. The molecule has 5 nitrogen and oxygen atoms in total. The van der Waals surface area contributed by atoms with E-state index in [1.165, 1.54) is 19.1 Å². The van der Waals surface area contributed by atoms with Crippen LogP contribution >= 0.6 is 0 Å². The van der Waals surface area contributed by atoms with E-state index >= 15 is 0 Å². The third kappa shape index (κ3) is 4.92. The zero-order valence-electron chi connectivity index (χ0n) is 14.9. The van der Waals surface area contributed by atoms with Crippen LogP contribution in [0.3, 0.4) is 0 Å². The highest BCUT2D eigenvalue weighted by Crippen LogP contribution is 2.42. The Balaban J connectivity index is 2.10. The molecule has 2 aliphatic rings. The fraction of sp³-hybridized carbons (Fsp3) is 0.941. The van der Waals surface area contributed by atoms with Crippen molar-refractivity contribution < 1.29 is 17.9 Å². The molecule has 134 valence electrons. The predicted octanol–water partition coefficient (Wildman–Crippen LogP) is 2.40. The summed E-state index contributed by atoms with van der Waals surface area (Å²) in [5.74, 6) is 0.0704. The average Bonchev–Trinajstić information content (AvgIpc) is 2.83. The van der Waals surface area contributed by atoms with Crippen molar-refractivity contribution in [3.05, 3.63) is 0 Å². The van der Waals surface area contributed by atoms with Gasteiger partial charge in [0.25, 0.3) is 0 Å². The maximum absolute atomic E-state index is 13.1. The van der Waals surface area contributed by atoms with Gasteiger partial charge >= 0.3 is 0 Å². The van der Waals surface area contributed by atoms with Gasteiger partial charge in [0.2, 0.25) is 5.91 Å². The molecule has 1 unspecified atom stereocenters. The van der Waals surface area contributed by atoms with Crippen LogP contribution in [0.15, 0.2) is 0 Å². The van der Waals surface area contributed by atoms with Gasteiger partial charge in [0.1, 0.15) is 9.84 Å². The highest BCUT2D eigenvalue weighted by atomic mass is 32.2. The fourth-order valence-corrected chi connectivity index (χ4v) is 4.37. The Hall–Kier alpha value is -0.620. The van der Waals surface area contributed by atoms with Gasteiger partial charge < -0.3 is 9.64 Å². The van der Waals surface area contributed by atoms with Crippen molar-refractivity contribution in [2.24, 2.45) is 5.92 Å². The zero-order valence-corrected chi connectivity index (χ0v) is 15.7. The zero-order chi connectivity index (χ0) is 17.3. The maximum atomic E-state index is 13.1. The minimum Gasteiger partial charge on any atom is -0.375 e. The predicted molar refractivity (Wildman–Crippen MR) is 91.1 cm³/mol. The number of hydrogen-bond acceptors (Lipinski definition) is 4. The monoisotopic (exact) mass is 345 g/mol. The first-order valence-electron chi connectivity index (χ1n) is 8.66. The van der Waals surface area contributed by atoms with Crippen LogP contribution in [0.25, 0.3) is 0 Å². The molecule has 2 rings (SSSR count). The number of carbonyl (C=O) groups is 1. The number of nitrogens with zero attached hydrogens (tertiary/aromatic N) is 1. The van der Waals surface area contributed by atoms with Gasteiger partial charge in [-0.15, -0.1) is 0 Å². The molecule has 1 amide bonds. The summed E-state index contributed by atoms with van der Waals surface area (Å²) in [5.41, 5.74) is -0.470. The Labute approximate surface area is 140 Å². The number of sulfone groups is 1. The van der Waals surface area contributed by atoms with Crippen molar-refractivity contribution in [2.75, 3.05) is 25.2 Å². The number of carbonyl (C=O) groups excluding carboxylic acids is 1. The second-order valence-corrected chi connectivity index (χ2v) is 10.5. The van der Waals surface area contributed by atoms with Crippen molar-refractivity contribution >= 4 is 15.7 Å². The van der Waals surface area contributed by atoms with E-state index in [1.807, 2.05) is 20.8 Å². The smallest absolute Gasteiger partial charge is 0.226 e. The van der Waals surface area contributed by atoms with E-state index in [0.717, 1.165) is 25.7 Å². The lowest BCUT2D eigenvalue weighted by Crippen LogP contribution is -2.52. The molecule has 0 N–H and O–H groups in total. The van der Waals surface area contributed by atoms with Crippen molar-refractivity contribution in [1.29, 1.82) is 0 Å². The van der Waals surface area contributed by atoms with Crippen LogP contribution in [0.5, 0.6) is 0 Å². The van der Waals surface area contributed by atoms with E-state index < -0.39 is 9.84 Å². The minimum absolute atomic E-state index is 0.0182. The average molecular weight is 346 g/mol. The summed E-state index contributed by atoms with van der Waals surface area (Å²) in [6, 6.07) is 0. The van der Waals surface area contributed by atoms with E-state index in [0.29, 0.717) is 6.61 Å². The van der Waals surface area contributed by atoms with Crippen LogP contribution in [0.1, 0.15) is 59.3 Å². The molecule has 1 aliphatic carbocycles. The van der Waals surface area contributed by atoms with Crippen molar-refractivity contribution in [1.82, 2.24) is 4.90 Å². The Morgan fingerprint density at radius 2 is 1.87 bits per heavy atom. The van der Waals surface area contributed by atoms with Gasteiger partial charge in [0.05, 0.1) is 11.4 Å². The Morgan fingerprint density at radius 1 is 1.26 bits per heavy atom. The molecule has 0 radical (unpaired) electrons. The maximum Gasteiger partial charge on any atom is 0.226 e. The first kappa shape index (κ1) is 18.7. The third-order valence-electron chi connectivity index (χ3n) is 5.12. The van der Waals surface area contributed by atoms with E-state index in [4.69, 9.17) is 4.74 Å². The highest BCUT2D eigenvalue weighted by Gasteiger charge is 2.44. The van der Waals surface area contributed by atoms with E-state index in [2.05, 4.69) is 0 Å². The molecule has 6 heteroatoms. The van der Waals surface area contributed by atoms with Gasteiger partial charge in [-0.1, -0.05) is 12.8 Å². The molecule has 0 aromatic rings. The number of amides is 1. The van der Waals surface area contributed by atoms with Crippen molar-refractivity contribution in [2.45, 2.75) is 70.4 Å². The summed E-state index contributed by atoms with van der Waals surface area (Å²) in [4.78, 5) is 14.8. The van der Waals surface area contributed by atoms with Crippen molar-refractivity contribution in [3.63, 3.8) is 0 Å². The molecule has 0 aromatic carbocycles. The summed E-state index contributed by atoms with van der Waals surface area (Å²) >= 11 is 0. The SMILES string of the molecule is CC(C)(C)N(CCS(C)(=O)=O)C(=O)C1CCOC2(CCCC2)C1. The minimum atomic E-state index is -3.08. The lowest BCUT2D eigenvalue weighted by atomic mass is 9.83. The Bertz CT molecular complexity index is 529. The van der Waals surface area contributed by atoms with Gasteiger partial charge in [-0.2, -0.15) is 0 Å². The molecular weight excluding hydrogens is 314 g/mol. The first-order valence-corrected chi connectivity index (χ1v) is 10.7. The molecule has 1 atom stereocenters. The van der Waals surface area contributed by atoms with E-state index in [9.17, 15) is 13.2 Å². The van der Waals surface area contributed by atoms with Gasteiger partial charge in [-0.3, -0.25) is 4.79 Å². The topological polar surface area (TPSA) is 63.7 Å². The number of rotatable bonds is 4. The largest absolute Gasteiger partial charge is 0.375 e. The molecule has 23 heavy (non-hydrogen) atoms. The van der Waals surface area contributed by atoms with Gasteiger partial charge in [0.15, 0.2) is 0 Å². The van der Waals surface area contributed by atoms with Gasteiger partial charge in [-0.25, -0.2) is 8.42 Å². The molecule has 0 aromatic heterocycles. The van der Waals surface area contributed by atoms with Gasteiger partial charge in [-0.05, 0) is 46.5 Å². The lowest BCUT2D eigenvalue weighted by Gasteiger charge is -2.42. The summed E-state index contributed by atoms with van der Waals surface area (Å²) in [7, 11) is -3.08. The number of ether oxygens (including phenoxy) is 1. The summed E-state index contributed by atoms with van der Waals surface area (Å²) < 4.78 is 29.0. The molecule has 1 saturated carbocycles. The number of hydrogen-bond donors (Lipinski definition) is 0. The summed E-state index contributed by atoms with van der Waals surface area (Å²) in [6.45, 7) is 6.82. The van der Waals surface area contributed by atoms with Crippen LogP contribution in [0.2, 0.25) is 0 Å². The van der Waals surface area contributed by atoms with Crippen LogP contribution in [-0.4, -0.2) is 55.5 Å². The molecule has 0 bridgehead atoms. The van der Waals surface area contributed by atoms with Crippen LogP contribution < -0.4 is 0 Å². The molecule has 1 aliphatic heterocycles. The molecule has 1 heterocycles. The first-order chi connectivity index (χ1) is 10.5. The molecule has 1 saturated heterocycles. The molecular formula is C17H31NO4S. The standard InChI is InChI=1S/C17H31NO4S/c1-16(2,3)18(10-12-23(4,20)21)15(19)14-7-11-22-17(13-14)8-5-6-9-17/h14H,5-13H2,1-4H3. The van der Waals surface area contributed by atoms with Crippen LogP contribution in [0, 0.1) is 5.92 Å². The second-order valence-electron chi connectivity index (χ2n) is 8.22. The Morgan fingerprint density at radius 3 is 2.39 bits per heavy atom. The highest BCUT2D eigenvalue weighted by molar-refractivity contribution is 7.90. The van der Waals surface area contributed by atoms with Crippen LogP contribution in [-0.2, 0) is 19.4 Å². The van der Waals surface area contributed by atoms with E-state index in [-0.39, 0.29) is 35.3 Å². The van der Waals surface area contributed by atoms with Crippen molar-refractivity contribution in [3.8, 4) is 0 Å². The van der Waals surface area contributed by atoms with Crippen LogP contribution in [0.4, 0.5) is 0 Å². The lowest BCUT2D eigenvalue weighted by molar-refractivity contribution is -0.152. The quantitative estimate of drug-likeness (QED) is 0.785.